The van der Waals surface area contributed by atoms with Crippen molar-refractivity contribution in [3.63, 3.8) is 0 Å². The number of aliphatic hydroxyl groups excluding tert-OH is 1. The Balaban J connectivity index is 2.69. The number of likely N-dealkylation sites (N-methyl/N-ethyl adjacent to an activating group) is 1. The van der Waals surface area contributed by atoms with Gasteiger partial charge in [-0.15, -0.1) is 4.74 Å². The van der Waals surface area contributed by atoms with Gasteiger partial charge in [0.1, 0.15) is 5.76 Å². The summed E-state index contributed by atoms with van der Waals surface area (Å²) in [5.74, 6) is -0.0396. The van der Waals surface area contributed by atoms with Gasteiger partial charge in [-0.1, -0.05) is 0 Å². The predicted octanol–water partition coefficient (Wildman–Crippen LogP) is -0.686. The largest absolute Gasteiger partial charge is 0.395 e. The fraction of sp³-hybridized carbons (Fsp3) is 0.556. The summed E-state index contributed by atoms with van der Waals surface area (Å²) in [6, 6.07) is 1.25. The van der Waals surface area contributed by atoms with E-state index >= 15 is 0 Å². The second-order valence-electron chi connectivity index (χ2n) is 3.33. The lowest BCUT2D eigenvalue weighted by atomic mass is 10.5. The maximum atomic E-state index is 11.5. The molecule has 0 saturated carbocycles. The Bertz CT molecular complexity index is 393. The molecule has 6 heteroatoms. The number of carbonyl (C=O) groups excluding carboxylic acids is 1. The lowest BCUT2D eigenvalue weighted by molar-refractivity contribution is 0.0721. The van der Waals surface area contributed by atoms with E-state index < -0.39 is 11.5 Å². The maximum Gasteiger partial charge on any atom is 0.290 e. The lowest BCUT2D eigenvalue weighted by Gasteiger charge is -2.12. The molecule has 0 bridgehead atoms. The van der Waals surface area contributed by atoms with Crippen molar-refractivity contribution in [2.45, 2.75) is 6.92 Å². The van der Waals surface area contributed by atoms with Crippen molar-refractivity contribution in [3.8, 4) is 0 Å². The van der Waals surface area contributed by atoms with Gasteiger partial charge in [-0.05, 0) is 14.0 Å². The molecule has 1 aromatic rings. The van der Waals surface area contributed by atoms with Crippen molar-refractivity contribution in [1.29, 1.82) is 0 Å². The molecule has 0 unspecified atom stereocenters. The third-order valence-electron chi connectivity index (χ3n) is 1.88. The zero-order chi connectivity index (χ0) is 11.4. The van der Waals surface area contributed by atoms with Crippen molar-refractivity contribution in [2.24, 2.45) is 0 Å². The van der Waals surface area contributed by atoms with Crippen LogP contribution < -0.4 is 5.56 Å². The summed E-state index contributed by atoms with van der Waals surface area (Å²) >= 11 is 0. The molecule has 0 saturated heterocycles. The Labute approximate surface area is 86.7 Å². The highest BCUT2D eigenvalue weighted by atomic mass is 16.5. The van der Waals surface area contributed by atoms with E-state index in [1.165, 1.54) is 6.07 Å². The third-order valence-corrected chi connectivity index (χ3v) is 1.88. The van der Waals surface area contributed by atoms with Crippen molar-refractivity contribution in [1.82, 2.24) is 9.64 Å². The molecule has 0 fully saturated rings. The number of aromatic nitrogens is 1. The summed E-state index contributed by atoms with van der Waals surface area (Å²) in [6.45, 7) is 1.98. The standard InChI is InChI=1S/C9H14N2O4/c1-7-5-8(13)11(15-7)9(14)6-10(2)3-4-12/h5,12H,3-4,6H2,1-2H3. The first-order valence-corrected chi connectivity index (χ1v) is 4.57. The van der Waals surface area contributed by atoms with Gasteiger partial charge in [0.05, 0.1) is 13.2 Å². The molecule has 0 amide bonds. The molecule has 15 heavy (non-hydrogen) atoms. The Morgan fingerprint density at radius 2 is 2.33 bits per heavy atom. The monoisotopic (exact) mass is 214 g/mol. The third kappa shape index (κ3) is 3.03. The maximum absolute atomic E-state index is 11.5. The van der Waals surface area contributed by atoms with Gasteiger partial charge in [-0.25, -0.2) is 0 Å². The number of carbonyl (C=O) groups is 1. The number of aryl methyl sites for hydroxylation is 1. The van der Waals surface area contributed by atoms with Crippen molar-refractivity contribution >= 4 is 5.91 Å². The van der Waals surface area contributed by atoms with Gasteiger partial charge >= 0.3 is 0 Å². The summed E-state index contributed by atoms with van der Waals surface area (Å²) in [7, 11) is 1.68. The zero-order valence-corrected chi connectivity index (χ0v) is 8.77. The fourth-order valence-corrected chi connectivity index (χ4v) is 1.17. The molecule has 0 aliphatic heterocycles. The molecule has 6 nitrogen and oxygen atoms in total. The van der Waals surface area contributed by atoms with Crippen LogP contribution in [-0.4, -0.2) is 47.4 Å². The smallest absolute Gasteiger partial charge is 0.290 e. The van der Waals surface area contributed by atoms with Crippen LogP contribution >= 0.6 is 0 Å². The van der Waals surface area contributed by atoms with Crippen LogP contribution in [0.15, 0.2) is 15.4 Å². The summed E-state index contributed by atoms with van der Waals surface area (Å²) < 4.78 is 5.65. The molecular formula is C9H14N2O4. The van der Waals surface area contributed by atoms with Crippen molar-refractivity contribution < 1.29 is 14.4 Å². The molecule has 1 rings (SSSR count). The summed E-state index contributed by atoms with van der Waals surface area (Å²) in [5, 5.41) is 8.63. The molecule has 0 aromatic carbocycles. The molecule has 0 aliphatic rings. The molecular weight excluding hydrogens is 200 g/mol. The molecule has 0 aliphatic carbocycles. The van der Waals surface area contributed by atoms with Crippen molar-refractivity contribution in [3.05, 3.63) is 22.2 Å². The minimum absolute atomic E-state index is 0.0319. The molecule has 1 aromatic heterocycles. The predicted molar refractivity (Wildman–Crippen MR) is 52.9 cm³/mol. The van der Waals surface area contributed by atoms with E-state index in [2.05, 4.69) is 0 Å². The topological polar surface area (TPSA) is 75.7 Å². The van der Waals surface area contributed by atoms with Crippen LogP contribution in [0.5, 0.6) is 0 Å². The van der Waals surface area contributed by atoms with Gasteiger partial charge in [0, 0.05) is 12.6 Å². The van der Waals surface area contributed by atoms with Crippen LogP contribution in [0, 0.1) is 6.92 Å². The van der Waals surface area contributed by atoms with Gasteiger partial charge in [-0.3, -0.25) is 14.5 Å². The van der Waals surface area contributed by atoms with Crippen LogP contribution in [-0.2, 0) is 0 Å². The van der Waals surface area contributed by atoms with Gasteiger partial charge in [0.2, 0.25) is 0 Å². The molecule has 1 heterocycles. The van der Waals surface area contributed by atoms with Gasteiger partial charge in [0.25, 0.3) is 11.5 Å². The first kappa shape index (κ1) is 11.7. The lowest BCUT2D eigenvalue weighted by Crippen LogP contribution is -2.34. The SMILES string of the molecule is Cc1cc(=O)n(C(=O)CN(C)CCO)o1. The highest BCUT2D eigenvalue weighted by Gasteiger charge is 2.13. The summed E-state index contributed by atoms with van der Waals surface area (Å²) in [5.41, 5.74) is -0.463. The minimum Gasteiger partial charge on any atom is -0.395 e. The molecule has 84 valence electrons. The number of aliphatic hydroxyl groups is 1. The number of hydrogen-bond donors (Lipinski definition) is 1. The Morgan fingerprint density at radius 3 is 2.80 bits per heavy atom. The molecule has 0 spiro atoms. The molecule has 0 radical (unpaired) electrons. The van der Waals surface area contributed by atoms with Gasteiger partial charge in [0.15, 0.2) is 0 Å². The second-order valence-corrected chi connectivity index (χ2v) is 3.33. The normalized spacial score (nSPS) is 10.9. The van der Waals surface area contributed by atoms with Crippen LogP contribution in [0.4, 0.5) is 0 Å². The second kappa shape index (κ2) is 4.90. The van der Waals surface area contributed by atoms with E-state index in [9.17, 15) is 9.59 Å². The van der Waals surface area contributed by atoms with E-state index in [0.717, 1.165) is 4.74 Å². The molecule has 1 N–H and O–H groups in total. The summed E-state index contributed by atoms with van der Waals surface area (Å²) in [4.78, 5) is 24.3. The van der Waals surface area contributed by atoms with E-state index in [4.69, 9.17) is 9.63 Å². The average molecular weight is 214 g/mol. The number of rotatable bonds is 4. The minimum atomic E-state index is -0.463. The van der Waals surface area contributed by atoms with Crippen LogP contribution in [0.3, 0.4) is 0 Å². The first-order valence-electron chi connectivity index (χ1n) is 4.57. The van der Waals surface area contributed by atoms with E-state index in [1.54, 1.807) is 18.9 Å². The highest BCUT2D eigenvalue weighted by Crippen LogP contribution is 1.93. The van der Waals surface area contributed by atoms with Crippen molar-refractivity contribution in [2.75, 3.05) is 26.7 Å². The first-order chi connectivity index (χ1) is 7.04. The highest BCUT2D eigenvalue weighted by molar-refractivity contribution is 5.79. The summed E-state index contributed by atoms with van der Waals surface area (Å²) in [6.07, 6.45) is 0. The average Bonchev–Trinajstić information content (AvgIpc) is 2.45. The quantitative estimate of drug-likeness (QED) is 0.718. The molecule has 0 atom stereocenters. The van der Waals surface area contributed by atoms with E-state index in [1.807, 2.05) is 0 Å². The fourth-order valence-electron chi connectivity index (χ4n) is 1.17. The Morgan fingerprint density at radius 1 is 1.67 bits per heavy atom. The Kier molecular flexibility index (Phi) is 3.81. The Hall–Kier alpha value is -1.40. The van der Waals surface area contributed by atoms with E-state index in [-0.39, 0.29) is 13.2 Å². The van der Waals surface area contributed by atoms with Crippen LogP contribution in [0.1, 0.15) is 10.6 Å². The van der Waals surface area contributed by atoms with Gasteiger partial charge in [-0.2, -0.15) is 0 Å². The zero-order valence-electron chi connectivity index (χ0n) is 8.77. The van der Waals surface area contributed by atoms with Crippen LogP contribution in [0.25, 0.3) is 0 Å². The number of nitrogens with zero attached hydrogens (tertiary/aromatic N) is 2. The number of hydrogen-bond acceptors (Lipinski definition) is 5. The van der Waals surface area contributed by atoms with Gasteiger partial charge < -0.3 is 9.63 Å². The van der Waals surface area contributed by atoms with E-state index in [0.29, 0.717) is 12.3 Å². The van der Waals surface area contributed by atoms with Crippen LogP contribution in [0.2, 0.25) is 0 Å².